The van der Waals surface area contributed by atoms with Gasteiger partial charge in [-0.2, -0.15) is 0 Å². The molecule has 0 unspecified atom stereocenters. The summed E-state index contributed by atoms with van der Waals surface area (Å²) >= 11 is 0. The van der Waals surface area contributed by atoms with Crippen LogP contribution in [0.15, 0.2) is 18.2 Å². The maximum absolute atomic E-state index is 11.9. The van der Waals surface area contributed by atoms with Gasteiger partial charge in [-0.15, -0.1) is 0 Å². The van der Waals surface area contributed by atoms with E-state index in [1.165, 1.54) is 12.8 Å². The zero-order chi connectivity index (χ0) is 13.3. The average Bonchev–Trinajstić information content (AvgIpc) is 3.23. The van der Waals surface area contributed by atoms with Crippen molar-refractivity contribution in [2.24, 2.45) is 5.41 Å². The summed E-state index contributed by atoms with van der Waals surface area (Å²) < 4.78 is 11.6. The molecule has 3 rings (SSSR count). The van der Waals surface area contributed by atoms with Gasteiger partial charge in [-0.3, -0.25) is 4.79 Å². The predicted octanol–water partition coefficient (Wildman–Crippen LogP) is 2.38. The first-order chi connectivity index (χ1) is 9.22. The lowest BCUT2D eigenvalue weighted by Crippen LogP contribution is -2.23. The van der Waals surface area contributed by atoms with Crippen molar-refractivity contribution in [3.63, 3.8) is 0 Å². The van der Waals surface area contributed by atoms with Crippen LogP contribution in [0.4, 0.5) is 0 Å². The fourth-order valence-corrected chi connectivity index (χ4v) is 2.19. The average molecular weight is 261 g/mol. The van der Waals surface area contributed by atoms with E-state index in [4.69, 9.17) is 9.47 Å². The van der Waals surface area contributed by atoms with E-state index >= 15 is 0 Å². The van der Waals surface area contributed by atoms with E-state index in [9.17, 15) is 4.79 Å². The van der Waals surface area contributed by atoms with Gasteiger partial charge in [0, 0.05) is 17.5 Å². The van der Waals surface area contributed by atoms with Gasteiger partial charge in [-0.25, -0.2) is 0 Å². The van der Waals surface area contributed by atoms with Crippen molar-refractivity contribution in [1.82, 2.24) is 5.32 Å². The summed E-state index contributed by atoms with van der Waals surface area (Å²) in [7, 11) is 0. The highest BCUT2D eigenvalue weighted by molar-refractivity contribution is 5.94. The molecule has 0 bridgehead atoms. The molecule has 1 aliphatic carbocycles. The summed E-state index contributed by atoms with van der Waals surface area (Å²) in [6.07, 6.45) is 3.27. The zero-order valence-electron chi connectivity index (χ0n) is 11.2. The molecule has 19 heavy (non-hydrogen) atoms. The lowest BCUT2D eigenvalue weighted by atomic mass is 10.1. The second kappa shape index (κ2) is 4.76. The molecule has 102 valence electrons. The Balaban J connectivity index is 1.76. The Morgan fingerprint density at radius 1 is 1.26 bits per heavy atom. The predicted molar refractivity (Wildman–Crippen MR) is 71.7 cm³/mol. The van der Waals surface area contributed by atoms with Crippen LogP contribution in [0.1, 0.15) is 36.5 Å². The van der Waals surface area contributed by atoms with Crippen LogP contribution < -0.4 is 14.8 Å². The van der Waals surface area contributed by atoms with Gasteiger partial charge in [-0.1, -0.05) is 6.92 Å². The summed E-state index contributed by atoms with van der Waals surface area (Å²) in [5.74, 6) is 1.38. The highest BCUT2D eigenvalue weighted by Crippen LogP contribution is 2.49. The molecule has 1 fully saturated rings. The number of benzene rings is 1. The molecule has 1 N–H and O–H groups in total. The second-order valence-corrected chi connectivity index (χ2v) is 5.49. The SMILES string of the molecule is CCCNC(=O)c1ccc2c(c1)OCC1(CC1)CO2. The number of amides is 1. The van der Waals surface area contributed by atoms with E-state index in [-0.39, 0.29) is 11.3 Å². The number of nitrogens with one attached hydrogen (secondary N) is 1. The number of hydrogen-bond acceptors (Lipinski definition) is 3. The molecule has 1 heterocycles. The third-order valence-electron chi connectivity index (χ3n) is 3.77. The second-order valence-electron chi connectivity index (χ2n) is 5.49. The number of carbonyl (C=O) groups is 1. The van der Waals surface area contributed by atoms with Gasteiger partial charge in [0.25, 0.3) is 5.91 Å². The van der Waals surface area contributed by atoms with E-state index in [0.717, 1.165) is 18.8 Å². The van der Waals surface area contributed by atoms with Crippen molar-refractivity contribution in [2.45, 2.75) is 26.2 Å². The van der Waals surface area contributed by atoms with Crippen molar-refractivity contribution in [2.75, 3.05) is 19.8 Å². The van der Waals surface area contributed by atoms with E-state index in [2.05, 4.69) is 5.32 Å². The maximum atomic E-state index is 11.9. The lowest BCUT2D eigenvalue weighted by molar-refractivity contribution is 0.0953. The first-order valence-corrected chi connectivity index (χ1v) is 6.90. The van der Waals surface area contributed by atoms with Crippen LogP contribution in [0.5, 0.6) is 11.5 Å². The molecule has 0 aromatic heterocycles. The van der Waals surface area contributed by atoms with Gasteiger partial charge in [0.2, 0.25) is 0 Å². The lowest BCUT2D eigenvalue weighted by Gasteiger charge is -2.09. The van der Waals surface area contributed by atoms with Gasteiger partial charge in [0.05, 0.1) is 13.2 Å². The number of carbonyl (C=O) groups excluding carboxylic acids is 1. The zero-order valence-corrected chi connectivity index (χ0v) is 11.2. The first-order valence-electron chi connectivity index (χ1n) is 6.90. The maximum Gasteiger partial charge on any atom is 0.251 e. The molecule has 1 aromatic carbocycles. The molecule has 1 amide bonds. The van der Waals surface area contributed by atoms with Gasteiger partial charge < -0.3 is 14.8 Å². The Hall–Kier alpha value is -1.71. The molecule has 0 saturated heterocycles. The molecule has 0 atom stereocenters. The van der Waals surface area contributed by atoms with Gasteiger partial charge in [0.1, 0.15) is 0 Å². The standard InChI is InChI=1S/C15H19NO3/c1-2-7-16-14(17)11-3-4-12-13(8-11)19-10-15(5-6-15)9-18-12/h3-4,8H,2,5-7,9-10H2,1H3,(H,16,17). The molecule has 1 saturated carbocycles. The summed E-state index contributed by atoms with van der Waals surface area (Å²) in [6, 6.07) is 5.40. The Labute approximate surface area is 113 Å². The molecular weight excluding hydrogens is 242 g/mol. The number of fused-ring (bicyclic) bond motifs is 1. The van der Waals surface area contributed by atoms with Crippen molar-refractivity contribution < 1.29 is 14.3 Å². The summed E-state index contributed by atoms with van der Waals surface area (Å²) in [5.41, 5.74) is 0.853. The van der Waals surface area contributed by atoms with Gasteiger partial charge in [0.15, 0.2) is 11.5 Å². The minimum atomic E-state index is -0.0568. The highest BCUT2D eigenvalue weighted by atomic mass is 16.5. The molecule has 4 heteroatoms. The Morgan fingerprint density at radius 3 is 2.68 bits per heavy atom. The highest BCUT2D eigenvalue weighted by Gasteiger charge is 2.46. The van der Waals surface area contributed by atoms with Crippen LogP contribution in [0, 0.1) is 5.41 Å². The Kier molecular flexibility index (Phi) is 3.09. The van der Waals surface area contributed by atoms with Crippen molar-refractivity contribution in [3.8, 4) is 11.5 Å². The van der Waals surface area contributed by atoms with Crippen molar-refractivity contribution >= 4 is 5.91 Å². The van der Waals surface area contributed by atoms with Crippen molar-refractivity contribution in [1.29, 1.82) is 0 Å². The topological polar surface area (TPSA) is 47.6 Å². The van der Waals surface area contributed by atoms with E-state index < -0.39 is 0 Å². The van der Waals surface area contributed by atoms with Crippen LogP contribution in [0.25, 0.3) is 0 Å². The van der Waals surface area contributed by atoms with Crippen LogP contribution in [-0.4, -0.2) is 25.7 Å². The van der Waals surface area contributed by atoms with E-state index in [0.29, 0.717) is 24.5 Å². The monoisotopic (exact) mass is 261 g/mol. The first kappa shape index (κ1) is 12.3. The summed E-state index contributed by atoms with van der Waals surface area (Å²) in [5, 5.41) is 2.86. The fraction of sp³-hybridized carbons (Fsp3) is 0.533. The van der Waals surface area contributed by atoms with E-state index in [1.54, 1.807) is 12.1 Å². The third kappa shape index (κ3) is 2.53. The Morgan fingerprint density at radius 2 is 2.00 bits per heavy atom. The molecular formula is C15H19NO3. The van der Waals surface area contributed by atoms with Crippen molar-refractivity contribution in [3.05, 3.63) is 23.8 Å². The molecule has 0 radical (unpaired) electrons. The molecule has 2 aliphatic rings. The van der Waals surface area contributed by atoms with Crippen LogP contribution in [-0.2, 0) is 0 Å². The van der Waals surface area contributed by atoms with E-state index in [1.807, 2.05) is 13.0 Å². The van der Waals surface area contributed by atoms with Crippen LogP contribution >= 0.6 is 0 Å². The summed E-state index contributed by atoms with van der Waals surface area (Å²) in [6.45, 7) is 4.14. The quantitative estimate of drug-likeness (QED) is 0.908. The Bertz CT molecular complexity index is 494. The normalized spacial score (nSPS) is 18.8. The molecule has 1 spiro atoms. The summed E-state index contributed by atoms with van der Waals surface area (Å²) in [4.78, 5) is 11.9. The van der Waals surface area contributed by atoms with Crippen LogP contribution in [0.2, 0.25) is 0 Å². The minimum absolute atomic E-state index is 0.0568. The van der Waals surface area contributed by atoms with Crippen LogP contribution in [0.3, 0.4) is 0 Å². The molecule has 4 nitrogen and oxygen atoms in total. The smallest absolute Gasteiger partial charge is 0.251 e. The number of hydrogen-bond donors (Lipinski definition) is 1. The third-order valence-corrected chi connectivity index (χ3v) is 3.77. The number of rotatable bonds is 3. The van der Waals surface area contributed by atoms with Gasteiger partial charge in [-0.05, 0) is 37.5 Å². The number of ether oxygens (including phenoxy) is 2. The molecule has 1 aliphatic heterocycles. The minimum Gasteiger partial charge on any atom is -0.489 e. The van der Waals surface area contributed by atoms with Gasteiger partial charge >= 0.3 is 0 Å². The molecule has 1 aromatic rings. The fourth-order valence-electron chi connectivity index (χ4n) is 2.19. The largest absolute Gasteiger partial charge is 0.489 e.